The van der Waals surface area contributed by atoms with Crippen molar-refractivity contribution in [2.75, 3.05) is 0 Å². The van der Waals surface area contributed by atoms with E-state index in [1.54, 1.807) is 12.3 Å². The summed E-state index contributed by atoms with van der Waals surface area (Å²) in [5.41, 5.74) is 1.93. The maximum Gasteiger partial charge on any atom is 0.244 e. The van der Waals surface area contributed by atoms with E-state index < -0.39 is 0 Å². The fourth-order valence-electron chi connectivity index (χ4n) is 1.90. The van der Waals surface area contributed by atoms with Gasteiger partial charge in [0.15, 0.2) is 5.82 Å². The first-order valence-corrected chi connectivity index (χ1v) is 6.31. The number of hydrogen-bond acceptors (Lipinski definition) is 3. The van der Waals surface area contributed by atoms with Crippen molar-refractivity contribution < 1.29 is 4.79 Å². The largest absolute Gasteiger partial charge is 0.342 e. The first-order chi connectivity index (χ1) is 8.56. The van der Waals surface area contributed by atoms with Crippen molar-refractivity contribution in [3.05, 3.63) is 35.4 Å². The molecular formula is C14H19N3O. The van der Waals surface area contributed by atoms with Crippen LogP contribution in [0.25, 0.3) is 0 Å². The number of nitrogens with zero attached hydrogens (tertiary/aromatic N) is 2. The number of aromatic nitrogens is 2. The average Bonchev–Trinajstić information content (AvgIpc) is 3.08. The molecule has 1 aliphatic carbocycles. The van der Waals surface area contributed by atoms with Gasteiger partial charge in [-0.05, 0) is 45.6 Å². The van der Waals surface area contributed by atoms with E-state index in [1.807, 2.05) is 26.8 Å². The van der Waals surface area contributed by atoms with E-state index in [-0.39, 0.29) is 11.9 Å². The molecule has 1 aliphatic rings. The van der Waals surface area contributed by atoms with Crippen molar-refractivity contribution in [1.82, 2.24) is 15.3 Å². The third-order valence-corrected chi connectivity index (χ3v) is 2.90. The molecule has 0 spiro atoms. The highest BCUT2D eigenvalue weighted by Crippen LogP contribution is 2.39. The molecule has 1 atom stereocenters. The van der Waals surface area contributed by atoms with E-state index in [1.165, 1.54) is 0 Å². The zero-order valence-corrected chi connectivity index (χ0v) is 11.1. The summed E-state index contributed by atoms with van der Waals surface area (Å²) in [5.74, 6) is 1.16. The summed E-state index contributed by atoms with van der Waals surface area (Å²) in [7, 11) is 0. The van der Waals surface area contributed by atoms with Crippen LogP contribution in [0, 0.1) is 12.8 Å². The Morgan fingerprint density at radius 3 is 2.78 bits per heavy atom. The van der Waals surface area contributed by atoms with Crippen LogP contribution in [0.4, 0.5) is 0 Å². The maximum absolute atomic E-state index is 11.8. The van der Waals surface area contributed by atoms with Gasteiger partial charge in [0.25, 0.3) is 0 Å². The fourth-order valence-corrected chi connectivity index (χ4v) is 1.90. The molecule has 0 aromatic carbocycles. The number of allylic oxidation sites excluding steroid dienone is 1. The molecule has 4 heteroatoms. The van der Waals surface area contributed by atoms with E-state index in [4.69, 9.17) is 0 Å². The summed E-state index contributed by atoms with van der Waals surface area (Å²) >= 11 is 0. The molecule has 1 aromatic heterocycles. The van der Waals surface area contributed by atoms with Gasteiger partial charge in [-0.2, -0.15) is 0 Å². The monoisotopic (exact) mass is 245 g/mol. The number of hydrogen-bond donors (Lipinski definition) is 1. The molecule has 1 fully saturated rings. The van der Waals surface area contributed by atoms with Gasteiger partial charge in [-0.3, -0.25) is 4.79 Å². The first kappa shape index (κ1) is 12.7. The van der Waals surface area contributed by atoms with Crippen LogP contribution in [0.15, 0.2) is 23.9 Å². The van der Waals surface area contributed by atoms with Gasteiger partial charge >= 0.3 is 0 Å². The Balaban J connectivity index is 2.14. The molecule has 1 heterocycles. The van der Waals surface area contributed by atoms with Gasteiger partial charge in [0, 0.05) is 18.0 Å². The third kappa shape index (κ3) is 3.39. The molecule has 1 aromatic rings. The molecule has 1 N–H and O–H groups in total. The highest BCUT2D eigenvalue weighted by atomic mass is 16.1. The lowest BCUT2D eigenvalue weighted by atomic mass is 10.1. The van der Waals surface area contributed by atoms with Gasteiger partial charge in [-0.1, -0.05) is 5.57 Å². The normalized spacial score (nSPS) is 15.9. The van der Waals surface area contributed by atoms with Gasteiger partial charge in [0.1, 0.15) is 0 Å². The van der Waals surface area contributed by atoms with Gasteiger partial charge in [-0.15, -0.1) is 0 Å². The van der Waals surface area contributed by atoms with Crippen molar-refractivity contribution in [3.63, 3.8) is 0 Å². The molecule has 1 saturated carbocycles. The van der Waals surface area contributed by atoms with Crippen molar-refractivity contribution >= 4 is 5.91 Å². The molecule has 4 nitrogen and oxygen atoms in total. The Labute approximate surface area is 108 Å². The smallest absolute Gasteiger partial charge is 0.244 e. The van der Waals surface area contributed by atoms with E-state index in [0.717, 1.165) is 29.9 Å². The molecule has 96 valence electrons. The van der Waals surface area contributed by atoms with Gasteiger partial charge in [-0.25, -0.2) is 9.97 Å². The Morgan fingerprint density at radius 2 is 2.22 bits per heavy atom. The second-order valence-corrected chi connectivity index (χ2v) is 5.10. The second kappa shape index (κ2) is 5.29. The summed E-state index contributed by atoms with van der Waals surface area (Å²) in [6.07, 6.45) is 5.64. The minimum absolute atomic E-state index is 0.0481. The van der Waals surface area contributed by atoms with Crippen LogP contribution < -0.4 is 5.32 Å². The lowest BCUT2D eigenvalue weighted by molar-refractivity contribution is -0.117. The van der Waals surface area contributed by atoms with E-state index in [0.29, 0.717) is 5.92 Å². The van der Waals surface area contributed by atoms with Gasteiger partial charge in [0.05, 0.1) is 6.04 Å². The quantitative estimate of drug-likeness (QED) is 0.828. The third-order valence-electron chi connectivity index (χ3n) is 2.90. The van der Waals surface area contributed by atoms with Crippen LogP contribution in [-0.4, -0.2) is 15.9 Å². The van der Waals surface area contributed by atoms with Crippen LogP contribution >= 0.6 is 0 Å². The van der Waals surface area contributed by atoms with E-state index >= 15 is 0 Å². The summed E-state index contributed by atoms with van der Waals surface area (Å²) in [6, 6.07) is 1.82. The number of nitrogens with one attached hydrogen (secondary N) is 1. The molecule has 0 unspecified atom stereocenters. The highest BCUT2D eigenvalue weighted by molar-refractivity contribution is 5.88. The second-order valence-electron chi connectivity index (χ2n) is 5.10. The lowest BCUT2D eigenvalue weighted by Gasteiger charge is -2.16. The Kier molecular flexibility index (Phi) is 3.75. The molecule has 0 radical (unpaired) electrons. The Bertz CT molecular complexity index is 474. The number of carbonyl (C=O) groups excluding carboxylic acids is 1. The molecule has 18 heavy (non-hydrogen) atoms. The van der Waals surface area contributed by atoms with E-state index in [9.17, 15) is 4.79 Å². The van der Waals surface area contributed by atoms with Crippen molar-refractivity contribution in [2.45, 2.75) is 39.7 Å². The number of aryl methyl sites for hydroxylation is 1. The average molecular weight is 245 g/mol. The molecule has 1 amide bonds. The standard InChI is InChI=1S/C14H19N3O/c1-9(2)8-12(18)17-13(11-4-5-11)14-15-7-6-10(3)16-14/h6-8,11,13H,4-5H2,1-3H3,(H,17,18)/t13-/m0/s1. The maximum atomic E-state index is 11.8. The molecular weight excluding hydrogens is 226 g/mol. The van der Waals surface area contributed by atoms with Gasteiger partial charge < -0.3 is 5.32 Å². The zero-order chi connectivity index (χ0) is 13.1. The first-order valence-electron chi connectivity index (χ1n) is 6.31. The Morgan fingerprint density at radius 1 is 1.50 bits per heavy atom. The van der Waals surface area contributed by atoms with Crippen LogP contribution in [0.2, 0.25) is 0 Å². The van der Waals surface area contributed by atoms with Crippen molar-refractivity contribution in [3.8, 4) is 0 Å². The lowest BCUT2D eigenvalue weighted by Crippen LogP contribution is -2.30. The predicted molar refractivity (Wildman–Crippen MR) is 69.8 cm³/mol. The zero-order valence-electron chi connectivity index (χ0n) is 11.1. The number of rotatable bonds is 4. The molecule has 0 aliphatic heterocycles. The van der Waals surface area contributed by atoms with E-state index in [2.05, 4.69) is 15.3 Å². The van der Waals surface area contributed by atoms with Crippen LogP contribution in [0.1, 0.15) is 44.2 Å². The SMILES string of the molecule is CC(C)=CC(=O)N[C@H](c1nccc(C)n1)C1CC1. The summed E-state index contributed by atoms with van der Waals surface area (Å²) < 4.78 is 0. The number of carbonyl (C=O) groups is 1. The van der Waals surface area contributed by atoms with Crippen molar-refractivity contribution in [1.29, 1.82) is 0 Å². The fraction of sp³-hybridized carbons (Fsp3) is 0.500. The van der Waals surface area contributed by atoms with Crippen LogP contribution in [0.5, 0.6) is 0 Å². The molecule has 2 rings (SSSR count). The van der Waals surface area contributed by atoms with Crippen LogP contribution in [0.3, 0.4) is 0 Å². The Hall–Kier alpha value is -1.71. The minimum atomic E-state index is -0.0583. The predicted octanol–water partition coefficient (Wildman–Crippen LogP) is 2.32. The topological polar surface area (TPSA) is 54.9 Å². The number of amides is 1. The summed E-state index contributed by atoms with van der Waals surface area (Å²) in [6.45, 7) is 5.76. The van der Waals surface area contributed by atoms with Crippen LogP contribution in [-0.2, 0) is 4.79 Å². The minimum Gasteiger partial charge on any atom is -0.342 e. The molecule has 0 bridgehead atoms. The summed E-state index contributed by atoms with van der Waals surface area (Å²) in [5, 5.41) is 3.01. The highest BCUT2D eigenvalue weighted by Gasteiger charge is 2.34. The van der Waals surface area contributed by atoms with Gasteiger partial charge in [0.2, 0.25) is 5.91 Å². The summed E-state index contributed by atoms with van der Waals surface area (Å²) in [4.78, 5) is 20.5. The molecule has 0 saturated heterocycles. The van der Waals surface area contributed by atoms with Crippen molar-refractivity contribution in [2.24, 2.45) is 5.92 Å².